The van der Waals surface area contributed by atoms with Gasteiger partial charge in [0.2, 0.25) is 0 Å². The quantitative estimate of drug-likeness (QED) is 0.794. The van der Waals surface area contributed by atoms with Crippen molar-refractivity contribution in [2.45, 2.75) is 26.7 Å². The molecule has 2 aromatic heterocycles. The van der Waals surface area contributed by atoms with Crippen LogP contribution >= 0.6 is 0 Å². The van der Waals surface area contributed by atoms with Gasteiger partial charge in [-0.25, -0.2) is 0 Å². The van der Waals surface area contributed by atoms with E-state index in [1.807, 2.05) is 24.4 Å². The molecule has 0 spiro atoms. The maximum atomic E-state index is 3.78. The van der Waals surface area contributed by atoms with Gasteiger partial charge in [-0.2, -0.15) is 0 Å². The third-order valence-electron chi connectivity index (χ3n) is 2.13. The minimum Gasteiger partial charge on any atom is -0.365 e. The van der Waals surface area contributed by atoms with E-state index in [-0.39, 0.29) is 0 Å². The number of H-pyrrole nitrogens is 1. The summed E-state index contributed by atoms with van der Waals surface area (Å²) in [4.78, 5) is 6.99. The van der Waals surface area contributed by atoms with Crippen LogP contribution in [0.1, 0.15) is 24.6 Å². The van der Waals surface area contributed by atoms with Crippen molar-refractivity contribution in [3.05, 3.63) is 54.1 Å². The van der Waals surface area contributed by atoms with Gasteiger partial charge in [0.15, 0.2) is 0 Å². The van der Waals surface area contributed by atoms with Crippen molar-refractivity contribution in [2.75, 3.05) is 0 Å². The number of nitrogens with one attached hydrogen (secondary N) is 1. The number of rotatable bonds is 2. The number of hydrogen-bond acceptors (Lipinski definition) is 1. The Morgan fingerprint density at radius 2 is 1.93 bits per heavy atom. The molecule has 80 valence electrons. The van der Waals surface area contributed by atoms with Gasteiger partial charge in [-0.1, -0.05) is 19.4 Å². The summed E-state index contributed by atoms with van der Waals surface area (Å²) in [6.45, 7) is 4.34. The molecule has 0 aliphatic rings. The summed E-state index contributed by atoms with van der Waals surface area (Å²) in [5.74, 6) is 0. The summed E-state index contributed by atoms with van der Waals surface area (Å²) in [5, 5.41) is 0. The maximum absolute atomic E-state index is 3.78. The second-order valence-corrected chi connectivity index (χ2v) is 3.41. The molecule has 2 aromatic rings. The zero-order chi connectivity index (χ0) is 10.9. The molecular weight excluding hydrogens is 184 g/mol. The van der Waals surface area contributed by atoms with Gasteiger partial charge in [-0.3, -0.25) is 4.98 Å². The van der Waals surface area contributed by atoms with E-state index in [0.29, 0.717) is 0 Å². The molecule has 15 heavy (non-hydrogen) atoms. The zero-order valence-electron chi connectivity index (χ0n) is 9.40. The first-order chi connectivity index (χ1) is 7.34. The minimum atomic E-state index is 1.18. The molecule has 2 heterocycles. The van der Waals surface area contributed by atoms with Gasteiger partial charge >= 0.3 is 0 Å². The first-order valence-corrected chi connectivity index (χ1v) is 5.32. The predicted octanol–water partition coefficient (Wildman–Crippen LogP) is 3.36. The fourth-order valence-electron chi connectivity index (χ4n) is 1.31. The number of aryl methyl sites for hydroxylation is 2. The largest absolute Gasteiger partial charge is 0.365 e. The normalized spacial score (nSPS) is 9.20. The molecular formula is C13H18N2. The van der Waals surface area contributed by atoms with E-state index in [0.717, 1.165) is 0 Å². The second kappa shape index (κ2) is 6.82. The van der Waals surface area contributed by atoms with E-state index in [1.165, 1.54) is 24.1 Å². The molecule has 0 bridgehead atoms. The molecule has 0 saturated heterocycles. The van der Waals surface area contributed by atoms with Gasteiger partial charge in [0.1, 0.15) is 0 Å². The lowest BCUT2D eigenvalue weighted by molar-refractivity contribution is 0.884. The van der Waals surface area contributed by atoms with E-state index < -0.39 is 0 Å². The molecule has 2 nitrogen and oxygen atoms in total. The molecule has 0 aliphatic heterocycles. The van der Waals surface area contributed by atoms with E-state index >= 15 is 0 Å². The first-order valence-electron chi connectivity index (χ1n) is 5.32. The Bertz CT molecular complexity index is 325. The Balaban J connectivity index is 0.000000162. The van der Waals surface area contributed by atoms with Crippen molar-refractivity contribution in [2.24, 2.45) is 0 Å². The van der Waals surface area contributed by atoms with Crippen LogP contribution in [-0.4, -0.2) is 9.97 Å². The lowest BCUT2D eigenvalue weighted by atomic mass is 10.2. The molecule has 2 rings (SSSR count). The molecule has 2 heteroatoms. The first kappa shape index (κ1) is 11.5. The Hall–Kier alpha value is -1.57. The van der Waals surface area contributed by atoms with E-state index in [2.05, 4.69) is 29.9 Å². The SMILES string of the molecule is CCCc1[nH]ccc1C.c1ccncc1. The van der Waals surface area contributed by atoms with Crippen molar-refractivity contribution in [1.29, 1.82) is 0 Å². The number of aromatic amines is 1. The highest BCUT2D eigenvalue weighted by molar-refractivity contribution is 5.18. The predicted molar refractivity (Wildman–Crippen MR) is 63.8 cm³/mol. The van der Waals surface area contributed by atoms with Crippen LogP contribution < -0.4 is 0 Å². The number of pyridine rings is 1. The standard InChI is InChI=1S/C8H13N.C5H5N/c1-3-4-8-7(2)5-6-9-8;1-2-4-6-5-3-1/h5-6,9H,3-4H2,1-2H3;1-5H. The van der Waals surface area contributed by atoms with Gasteiger partial charge in [0.25, 0.3) is 0 Å². The molecule has 0 fully saturated rings. The molecule has 0 radical (unpaired) electrons. The lowest BCUT2D eigenvalue weighted by Gasteiger charge is -1.93. The monoisotopic (exact) mass is 202 g/mol. The summed E-state index contributed by atoms with van der Waals surface area (Å²) < 4.78 is 0. The Morgan fingerprint density at radius 1 is 1.20 bits per heavy atom. The van der Waals surface area contributed by atoms with Crippen LogP contribution in [0.3, 0.4) is 0 Å². The van der Waals surface area contributed by atoms with Crippen molar-refractivity contribution in [1.82, 2.24) is 9.97 Å². The third-order valence-corrected chi connectivity index (χ3v) is 2.13. The van der Waals surface area contributed by atoms with Crippen LogP contribution in [0.15, 0.2) is 42.9 Å². The summed E-state index contributed by atoms with van der Waals surface area (Å²) >= 11 is 0. The highest BCUT2D eigenvalue weighted by Gasteiger charge is 1.94. The maximum Gasteiger partial charge on any atom is 0.0267 e. The van der Waals surface area contributed by atoms with Crippen molar-refractivity contribution in [3.63, 3.8) is 0 Å². The zero-order valence-corrected chi connectivity index (χ0v) is 9.40. The van der Waals surface area contributed by atoms with Gasteiger partial charge in [0.05, 0.1) is 0 Å². The van der Waals surface area contributed by atoms with Crippen LogP contribution in [-0.2, 0) is 6.42 Å². The van der Waals surface area contributed by atoms with Gasteiger partial charge in [0, 0.05) is 24.3 Å². The highest BCUT2D eigenvalue weighted by Crippen LogP contribution is 2.05. The van der Waals surface area contributed by atoms with Crippen molar-refractivity contribution < 1.29 is 0 Å². The highest BCUT2D eigenvalue weighted by atomic mass is 14.7. The van der Waals surface area contributed by atoms with Gasteiger partial charge in [-0.05, 0) is 37.1 Å². The molecule has 0 amide bonds. The summed E-state index contributed by atoms with van der Waals surface area (Å²) in [6.07, 6.45) is 7.90. The Kier molecular flexibility index (Phi) is 5.23. The van der Waals surface area contributed by atoms with Crippen LogP contribution in [0.25, 0.3) is 0 Å². The van der Waals surface area contributed by atoms with Crippen molar-refractivity contribution in [3.8, 4) is 0 Å². The summed E-state index contributed by atoms with van der Waals surface area (Å²) in [5.41, 5.74) is 2.77. The lowest BCUT2D eigenvalue weighted by Crippen LogP contribution is -1.84. The summed E-state index contributed by atoms with van der Waals surface area (Å²) in [6, 6.07) is 7.83. The fourth-order valence-corrected chi connectivity index (χ4v) is 1.31. The van der Waals surface area contributed by atoms with Crippen LogP contribution in [0.5, 0.6) is 0 Å². The van der Waals surface area contributed by atoms with E-state index in [4.69, 9.17) is 0 Å². The average molecular weight is 202 g/mol. The van der Waals surface area contributed by atoms with Crippen LogP contribution in [0.2, 0.25) is 0 Å². The molecule has 0 saturated carbocycles. The second-order valence-electron chi connectivity index (χ2n) is 3.41. The van der Waals surface area contributed by atoms with Gasteiger partial charge < -0.3 is 4.98 Å². The summed E-state index contributed by atoms with van der Waals surface area (Å²) in [7, 11) is 0. The van der Waals surface area contributed by atoms with Crippen LogP contribution in [0, 0.1) is 6.92 Å². The Labute approximate surface area is 91.4 Å². The fraction of sp³-hybridized carbons (Fsp3) is 0.308. The van der Waals surface area contributed by atoms with Crippen molar-refractivity contribution >= 4 is 0 Å². The van der Waals surface area contributed by atoms with E-state index in [1.54, 1.807) is 12.4 Å². The van der Waals surface area contributed by atoms with Crippen LogP contribution in [0.4, 0.5) is 0 Å². The Morgan fingerprint density at radius 3 is 2.27 bits per heavy atom. The molecule has 0 atom stereocenters. The number of aromatic nitrogens is 2. The third kappa shape index (κ3) is 4.45. The number of hydrogen-bond donors (Lipinski definition) is 1. The van der Waals surface area contributed by atoms with E-state index in [9.17, 15) is 0 Å². The smallest absolute Gasteiger partial charge is 0.0267 e. The molecule has 0 aliphatic carbocycles. The molecule has 0 unspecified atom stereocenters. The topological polar surface area (TPSA) is 28.7 Å². The average Bonchev–Trinajstić information content (AvgIpc) is 2.69. The van der Waals surface area contributed by atoms with Gasteiger partial charge in [-0.15, -0.1) is 0 Å². The molecule has 0 aromatic carbocycles. The minimum absolute atomic E-state index is 1.18. The molecule has 1 N–H and O–H groups in total. The number of nitrogens with zero attached hydrogens (tertiary/aromatic N) is 1.